The van der Waals surface area contributed by atoms with Crippen molar-refractivity contribution in [2.24, 2.45) is 5.92 Å². The van der Waals surface area contributed by atoms with E-state index in [4.69, 9.17) is 4.52 Å². The van der Waals surface area contributed by atoms with E-state index >= 15 is 0 Å². The van der Waals surface area contributed by atoms with Gasteiger partial charge in [0.2, 0.25) is 11.7 Å². The number of hydrogen-bond donors (Lipinski definition) is 1. The van der Waals surface area contributed by atoms with Crippen molar-refractivity contribution in [3.63, 3.8) is 0 Å². The first kappa shape index (κ1) is 11.4. The molecule has 0 bridgehead atoms. The lowest BCUT2D eigenvalue weighted by Crippen LogP contribution is -2.10. The number of nitrogens with zero attached hydrogens (tertiary/aromatic N) is 2. The van der Waals surface area contributed by atoms with Gasteiger partial charge in [0.15, 0.2) is 0 Å². The zero-order chi connectivity index (χ0) is 12.4. The number of benzene rings is 1. The molecule has 4 heteroatoms. The summed E-state index contributed by atoms with van der Waals surface area (Å²) in [5.41, 5.74) is 2.25. The van der Waals surface area contributed by atoms with Gasteiger partial charge in [0.1, 0.15) is 0 Å². The number of aryl methyl sites for hydroxylation is 1. The maximum Gasteiger partial charge on any atom is 0.227 e. The second-order valence-electron chi connectivity index (χ2n) is 4.94. The van der Waals surface area contributed by atoms with E-state index in [0.717, 1.165) is 31.0 Å². The first-order chi connectivity index (χ1) is 8.81. The van der Waals surface area contributed by atoms with E-state index in [1.807, 2.05) is 12.1 Å². The lowest BCUT2D eigenvalue weighted by molar-refractivity contribution is 0.358. The molecule has 1 N–H and O–H groups in total. The van der Waals surface area contributed by atoms with Crippen molar-refractivity contribution in [3.8, 4) is 11.4 Å². The highest BCUT2D eigenvalue weighted by atomic mass is 16.5. The summed E-state index contributed by atoms with van der Waals surface area (Å²) in [5, 5.41) is 7.40. The highest BCUT2D eigenvalue weighted by Crippen LogP contribution is 2.19. The monoisotopic (exact) mass is 243 g/mol. The van der Waals surface area contributed by atoms with E-state index < -0.39 is 0 Å². The average molecular weight is 243 g/mol. The summed E-state index contributed by atoms with van der Waals surface area (Å²) in [4.78, 5) is 4.47. The van der Waals surface area contributed by atoms with E-state index in [2.05, 4.69) is 34.5 Å². The van der Waals surface area contributed by atoms with Crippen LogP contribution in [0, 0.1) is 12.8 Å². The Bertz CT molecular complexity index is 512. The van der Waals surface area contributed by atoms with Gasteiger partial charge in [0.25, 0.3) is 0 Å². The molecule has 18 heavy (non-hydrogen) atoms. The highest BCUT2D eigenvalue weighted by molar-refractivity contribution is 5.54. The van der Waals surface area contributed by atoms with Gasteiger partial charge in [-0.1, -0.05) is 35.0 Å². The van der Waals surface area contributed by atoms with Crippen LogP contribution in [0.4, 0.5) is 0 Å². The molecule has 1 saturated heterocycles. The summed E-state index contributed by atoms with van der Waals surface area (Å²) in [7, 11) is 0. The Morgan fingerprint density at radius 1 is 1.33 bits per heavy atom. The van der Waals surface area contributed by atoms with Gasteiger partial charge in [-0.2, -0.15) is 4.98 Å². The molecular formula is C14H17N3O. The Morgan fingerprint density at radius 2 is 2.17 bits per heavy atom. The Hall–Kier alpha value is -1.68. The van der Waals surface area contributed by atoms with Crippen molar-refractivity contribution < 1.29 is 4.52 Å². The van der Waals surface area contributed by atoms with Crippen LogP contribution in [0.25, 0.3) is 11.4 Å². The van der Waals surface area contributed by atoms with Gasteiger partial charge < -0.3 is 9.84 Å². The van der Waals surface area contributed by atoms with E-state index in [-0.39, 0.29) is 0 Å². The Morgan fingerprint density at radius 3 is 2.89 bits per heavy atom. The maximum absolute atomic E-state index is 5.32. The molecule has 94 valence electrons. The molecule has 0 radical (unpaired) electrons. The van der Waals surface area contributed by atoms with E-state index in [1.165, 1.54) is 12.0 Å². The molecule has 0 spiro atoms. The number of nitrogens with one attached hydrogen (secondary N) is 1. The number of aromatic nitrogens is 2. The molecule has 0 amide bonds. The third kappa shape index (κ3) is 2.43. The summed E-state index contributed by atoms with van der Waals surface area (Å²) >= 11 is 0. The molecule has 4 nitrogen and oxygen atoms in total. The summed E-state index contributed by atoms with van der Waals surface area (Å²) < 4.78 is 5.32. The van der Waals surface area contributed by atoms with Gasteiger partial charge in [-0.3, -0.25) is 0 Å². The van der Waals surface area contributed by atoms with Crippen LogP contribution in [-0.4, -0.2) is 23.2 Å². The molecule has 3 rings (SSSR count). The minimum atomic E-state index is 0.635. The SMILES string of the molecule is Cc1ccc(-c2noc(CC3CCNC3)n2)cc1. The topological polar surface area (TPSA) is 51.0 Å². The fraction of sp³-hybridized carbons (Fsp3) is 0.429. The summed E-state index contributed by atoms with van der Waals surface area (Å²) in [6, 6.07) is 8.18. The molecule has 1 aromatic carbocycles. The predicted octanol–water partition coefficient (Wildman–Crippen LogP) is 2.20. The van der Waals surface area contributed by atoms with E-state index in [0.29, 0.717) is 11.7 Å². The zero-order valence-corrected chi connectivity index (χ0v) is 10.5. The van der Waals surface area contributed by atoms with Gasteiger partial charge in [0.05, 0.1) is 0 Å². The molecule has 1 fully saturated rings. The second kappa shape index (κ2) is 4.90. The van der Waals surface area contributed by atoms with Crippen LogP contribution in [0.1, 0.15) is 17.9 Å². The van der Waals surface area contributed by atoms with Crippen molar-refractivity contribution in [2.45, 2.75) is 19.8 Å². The summed E-state index contributed by atoms with van der Waals surface area (Å²) in [5.74, 6) is 2.08. The fourth-order valence-electron chi connectivity index (χ4n) is 2.29. The molecule has 1 atom stereocenters. The minimum absolute atomic E-state index is 0.635. The van der Waals surface area contributed by atoms with Crippen molar-refractivity contribution in [1.29, 1.82) is 0 Å². The van der Waals surface area contributed by atoms with Crippen LogP contribution in [0.3, 0.4) is 0 Å². The normalized spacial score (nSPS) is 19.3. The third-order valence-electron chi connectivity index (χ3n) is 3.40. The van der Waals surface area contributed by atoms with Crippen molar-refractivity contribution in [1.82, 2.24) is 15.5 Å². The van der Waals surface area contributed by atoms with Crippen LogP contribution >= 0.6 is 0 Å². The van der Waals surface area contributed by atoms with Gasteiger partial charge in [0, 0.05) is 12.0 Å². The number of rotatable bonds is 3. The standard InChI is InChI=1S/C14H17N3O/c1-10-2-4-12(5-3-10)14-16-13(18-17-14)8-11-6-7-15-9-11/h2-5,11,15H,6-9H2,1H3. The molecule has 1 aliphatic rings. The highest BCUT2D eigenvalue weighted by Gasteiger charge is 2.18. The summed E-state index contributed by atoms with van der Waals surface area (Å²) in [6.45, 7) is 4.23. The van der Waals surface area contributed by atoms with Gasteiger partial charge in [-0.05, 0) is 32.4 Å². The second-order valence-corrected chi connectivity index (χ2v) is 4.94. The molecule has 1 unspecified atom stereocenters. The van der Waals surface area contributed by atoms with Crippen LogP contribution < -0.4 is 5.32 Å². The largest absolute Gasteiger partial charge is 0.339 e. The van der Waals surface area contributed by atoms with Crippen LogP contribution in [0.15, 0.2) is 28.8 Å². The van der Waals surface area contributed by atoms with Gasteiger partial charge in [-0.25, -0.2) is 0 Å². The van der Waals surface area contributed by atoms with Crippen molar-refractivity contribution >= 4 is 0 Å². The Labute approximate surface area is 106 Å². The third-order valence-corrected chi connectivity index (χ3v) is 3.40. The first-order valence-corrected chi connectivity index (χ1v) is 6.41. The number of hydrogen-bond acceptors (Lipinski definition) is 4. The van der Waals surface area contributed by atoms with E-state index in [9.17, 15) is 0 Å². The van der Waals surface area contributed by atoms with Crippen LogP contribution in [-0.2, 0) is 6.42 Å². The molecule has 1 aliphatic heterocycles. The lowest BCUT2D eigenvalue weighted by atomic mass is 10.1. The molecule has 2 aromatic rings. The molecular weight excluding hydrogens is 226 g/mol. The van der Waals surface area contributed by atoms with Crippen molar-refractivity contribution in [2.75, 3.05) is 13.1 Å². The first-order valence-electron chi connectivity index (χ1n) is 6.41. The zero-order valence-electron chi connectivity index (χ0n) is 10.5. The molecule has 0 aliphatic carbocycles. The van der Waals surface area contributed by atoms with Gasteiger partial charge in [-0.15, -0.1) is 0 Å². The predicted molar refractivity (Wildman–Crippen MR) is 69.2 cm³/mol. The molecule has 1 aromatic heterocycles. The minimum Gasteiger partial charge on any atom is -0.339 e. The quantitative estimate of drug-likeness (QED) is 0.897. The fourth-order valence-corrected chi connectivity index (χ4v) is 2.29. The van der Waals surface area contributed by atoms with Gasteiger partial charge >= 0.3 is 0 Å². The summed E-state index contributed by atoms with van der Waals surface area (Å²) in [6.07, 6.45) is 2.08. The smallest absolute Gasteiger partial charge is 0.227 e. The lowest BCUT2D eigenvalue weighted by Gasteiger charge is -2.01. The Balaban J connectivity index is 1.74. The average Bonchev–Trinajstić information content (AvgIpc) is 3.02. The molecule has 0 saturated carbocycles. The van der Waals surface area contributed by atoms with Crippen LogP contribution in [0.5, 0.6) is 0 Å². The molecule has 2 heterocycles. The van der Waals surface area contributed by atoms with Crippen molar-refractivity contribution in [3.05, 3.63) is 35.7 Å². The van der Waals surface area contributed by atoms with Crippen LogP contribution in [0.2, 0.25) is 0 Å². The van der Waals surface area contributed by atoms with E-state index in [1.54, 1.807) is 0 Å². The Kier molecular flexibility index (Phi) is 3.11. The maximum atomic E-state index is 5.32.